The summed E-state index contributed by atoms with van der Waals surface area (Å²) in [7, 11) is -3.56. The molecule has 0 atom stereocenters. The monoisotopic (exact) mass is 369 g/mol. The van der Waals surface area contributed by atoms with Gasteiger partial charge >= 0.3 is 0 Å². The van der Waals surface area contributed by atoms with Gasteiger partial charge < -0.3 is 4.42 Å². The Morgan fingerprint density at radius 1 is 1.12 bits per heavy atom. The first-order valence-electron chi connectivity index (χ1n) is 8.51. The molecule has 0 amide bonds. The molecule has 6 nitrogen and oxygen atoms in total. The summed E-state index contributed by atoms with van der Waals surface area (Å²) in [6.07, 6.45) is 3.03. The Morgan fingerprint density at radius 2 is 1.92 bits per heavy atom. The van der Waals surface area contributed by atoms with E-state index in [4.69, 9.17) is 4.42 Å². The van der Waals surface area contributed by atoms with E-state index in [0.717, 1.165) is 11.3 Å². The molecule has 134 valence electrons. The predicted octanol–water partition coefficient (Wildman–Crippen LogP) is 3.18. The number of oxazole rings is 1. The zero-order valence-corrected chi connectivity index (χ0v) is 15.2. The van der Waals surface area contributed by atoms with Gasteiger partial charge in [-0.1, -0.05) is 23.8 Å². The summed E-state index contributed by atoms with van der Waals surface area (Å²) >= 11 is 0. The fourth-order valence-corrected chi connectivity index (χ4v) is 4.47. The van der Waals surface area contributed by atoms with Crippen molar-refractivity contribution in [1.29, 1.82) is 0 Å². The summed E-state index contributed by atoms with van der Waals surface area (Å²) in [4.78, 5) is 9.07. The summed E-state index contributed by atoms with van der Waals surface area (Å²) < 4.78 is 33.3. The molecule has 3 heterocycles. The predicted molar refractivity (Wildman–Crippen MR) is 96.8 cm³/mol. The third-order valence-corrected chi connectivity index (χ3v) is 6.32. The standard InChI is InChI=1S/C19H19N3O3S/c1-14-7-9-15(10-8-14)26(23,24)22-12-4-6-18-17(13-22)21-19(25-18)16-5-2-3-11-20-16/h2-3,5,7-11H,4,6,12-13H2,1H3. The minimum Gasteiger partial charge on any atom is -0.440 e. The smallest absolute Gasteiger partial charge is 0.245 e. The third kappa shape index (κ3) is 3.15. The largest absolute Gasteiger partial charge is 0.440 e. The van der Waals surface area contributed by atoms with Crippen LogP contribution in [0.1, 0.15) is 23.4 Å². The van der Waals surface area contributed by atoms with E-state index in [1.807, 2.05) is 37.3 Å². The molecule has 0 radical (unpaired) electrons. The van der Waals surface area contributed by atoms with Gasteiger partial charge in [0.2, 0.25) is 15.9 Å². The van der Waals surface area contributed by atoms with Crippen molar-refractivity contribution in [1.82, 2.24) is 14.3 Å². The highest BCUT2D eigenvalue weighted by Gasteiger charge is 2.29. The van der Waals surface area contributed by atoms with Crippen molar-refractivity contribution in [3.63, 3.8) is 0 Å². The molecular formula is C19H19N3O3S. The number of aromatic nitrogens is 2. The van der Waals surface area contributed by atoms with Crippen molar-refractivity contribution in [2.75, 3.05) is 6.54 Å². The van der Waals surface area contributed by atoms with Crippen LogP contribution in [0.2, 0.25) is 0 Å². The average Bonchev–Trinajstić information content (AvgIpc) is 2.94. The molecule has 0 spiro atoms. The highest BCUT2D eigenvalue weighted by atomic mass is 32.2. The Kier molecular flexibility index (Phi) is 4.34. The summed E-state index contributed by atoms with van der Waals surface area (Å²) in [5, 5.41) is 0. The Morgan fingerprint density at radius 3 is 2.65 bits per heavy atom. The van der Waals surface area contributed by atoms with E-state index in [2.05, 4.69) is 9.97 Å². The summed E-state index contributed by atoms with van der Waals surface area (Å²) in [5.74, 6) is 1.18. The Balaban J connectivity index is 1.65. The number of hydrogen-bond acceptors (Lipinski definition) is 5. The zero-order chi connectivity index (χ0) is 18.1. The van der Waals surface area contributed by atoms with E-state index < -0.39 is 10.0 Å². The lowest BCUT2D eigenvalue weighted by Crippen LogP contribution is -2.31. The van der Waals surface area contributed by atoms with Crippen molar-refractivity contribution in [3.05, 3.63) is 65.7 Å². The van der Waals surface area contributed by atoms with Gasteiger partial charge in [-0.3, -0.25) is 4.98 Å². The third-order valence-electron chi connectivity index (χ3n) is 4.46. The number of pyridine rings is 1. The summed E-state index contributed by atoms with van der Waals surface area (Å²) in [6, 6.07) is 12.4. The molecule has 4 rings (SSSR count). The van der Waals surface area contributed by atoms with Crippen LogP contribution in [0.3, 0.4) is 0 Å². The first-order valence-corrected chi connectivity index (χ1v) is 9.95. The maximum atomic E-state index is 13.0. The Labute approximate surface area is 152 Å². The van der Waals surface area contributed by atoms with E-state index in [9.17, 15) is 8.42 Å². The molecule has 0 saturated heterocycles. The van der Waals surface area contributed by atoms with E-state index in [0.29, 0.717) is 41.6 Å². The average molecular weight is 369 g/mol. The van der Waals surface area contributed by atoms with E-state index in [1.54, 1.807) is 18.3 Å². The molecule has 0 saturated carbocycles. The van der Waals surface area contributed by atoms with E-state index >= 15 is 0 Å². The molecule has 1 aliphatic rings. The van der Waals surface area contributed by atoms with Crippen molar-refractivity contribution in [3.8, 4) is 11.6 Å². The first-order chi connectivity index (χ1) is 12.5. The van der Waals surface area contributed by atoms with Gasteiger partial charge in [0.25, 0.3) is 0 Å². The van der Waals surface area contributed by atoms with Gasteiger partial charge in [-0.2, -0.15) is 4.31 Å². The van der Waals surface area contributed by atoms with Crippen LogP contribution in [0.25, 0.3) is 11.6 Å². The number of nitrogens with zero attached hydrogens (tertiary/aromatic N) is 3. The lowest BCUT2D eigenvalue weighted by molar-refractivity contribution is 0.405. The van der Waals surface area contributed by atoms with Crippen LogP contribution in [0, 0.1) is 6.92 Å². The number of rotatable bonds is 3. The van der Waals surface area contributed by atoms with Gasteiger partial charge in [-0.25, -0.2) is 13.4 Å². The molecule has 0 unspecified atom stereocenters. The first kappa shape index (κ1) is 16.9. The highest BCUT2D eigenvalue weighted by Crippen LogP contribution is 2.27. The SMILES string of the molecule is Cc1ccc(S(=O)(=O)N2CCCc3oc(-c4ccccn4)nc3C2)cc1. The van der Waals surface area contributed by atoms with Crippen LogP contribution in [-0.4, -0.2) is 29.2 Å². The highest BCUT2D eigenvalue weighted by molar-refractivity contribution is 7.89. The minimum absolute atomic E-state index is 0.210. The molecule has 2 aromatic heterocycles. The zero-order valence-electron chi connectivity index (χ0n) is 14.4. The van der Waals surface area contributed by atoms with Crippen LogP contribution in [0.4, 0.5) is 0 Å². The van der Waals surface area contributed by atoms with Gasteiger partial charge in [0.05, 0.1) is 17.1 Å². The van der Waals surface area contributed by atoms with Crippen LogP contribution in [0.5, 0.6) is 0 Å². The van der Waals surface area contributed by atoms with Crippen molar-refractivity contribution >= 4 is 10.0 Å². The minimum atomic E-state index is -3.56. The fourth-order valence-electron chi connectivity index (χ4n) is 3.03. The van der Waals surface area contributed by atoms with Gasteiger partial charge in [-0.05, 0) is 37.6 Å². The molecule has 1 aromatic carbocycles. The van der Waals surface area contributed by atoms with Crippen molar-refractivity contribution in [2.45, 2.75) is 31.2 Å². The molecule has 0 fully saturated rings. The van der Waals surface area contributed by atoms with Gasteiger partial charge in [0.15, 0.2) is 0 Å². The number of sulfonamides is 1. The van der Waals surface area contributed by atoms with Crippen LogP contribution in [0.15, 0.2) is 58.0 Å². The quantitative estimate of drug-likeness (QED) is 0.709. The van der Waals surface area contributed by atoms with Gasteiger partial charge in [0, 0.05) is 19.2 Å². The van der Waals surface area contributed by atoms with Crippen LogP contribution in [-0.2, 0) is 23.0 Å². The Bertz CT molecular complexity index is 1010. The van der Waals surface area contributed by atoms with E-state index in [-0.39, 0.29) is 6.54 Å². The molecule has 26 heavy (non-hydrogen) atoms. The molecule has 1 aliphatic heterocycles. The number of fused-ring (bicyclic) bond motifs is 1. The summed E-state index contributed by atoms with van der Waals surface area (Å²) in [6.45, 7) is 2.59. The van der Waals surface area contributed by atoms with Crippen LogP contribution < -0.4 is 0 Å². The molecule has 0 N–H and O–H groups in total. The van der Waals surface area contributed by atoms with Crippen molar-refractivity contribution in [2.24, 2.45) is 0 Å². The number of aryl methyl sites for hydroxylation is 2. The maximum absolute atomic E-state index is 13.0. The second-order valence-electron chi connectivity index (χ2n) is 6.36. The number of benzene rings is 1. The maximum Gasteiger partial charge on any atom is 0.245 e. The number of hydrogen-bond donors (Lipinski definition) is 0. The summed E-state index contributed by atoms with van der Waals surface area (Å²) in [5.41, 5.74) is 2.34. The topological polar surface area (TPSA) is 76.3 Å². The molecular weight excluding hydrogens is 350 g/mol. The lowest BCUT2D eigenvalue weighted by atomic mass is 10.2. The molecule has 7 heteroatoms. The van der Waals surface area contributed by atoms with Gasteiger partial charge in [0.1, 0.15) is 11.5 Å². The van der Waals surface area contributed by atoms with E-state index in [1.165, 1.54) is 4.31 Å². The lowest BCUT2D eigenvalue weighted by Gasteiger charge is -2.19. The molecule has 0 bridgehead atoms. The normalized spacial score (nSPS) is 15.4. The molecule has 0 aliphatic carbocycles. The second-order valence-corrected chi connectivity index (χ2v) is 8.30. The van der Waals surface area contributed by atoms with Crippen molar-refractivity contribution < 1.29 is 12.8 Å². The second kappa shape index (κ2) is 6.66. The Hall–Kier alpha value is -2.51. The molecule has 3 aromatic rings. The fraction of sp³-hybridized carbons (Fsp3) is 0.263. The van der Waals surface area contributed by atoms with Crippen LogP contribution >= 0.6 is 0 Å². The van der Waals surface area contributed by atoms with Gasteiger partial charge in [-0.15, -0.1) is 0 Å².